The number of methoxy groups -OCH3 is 2. The number of esters is 2. The third-order valence-corrected chi connectivity index (χ3v) is 4.10. The molecule has 2 rings (SSSR count). The Morgan fingerprint density at radius 2 is 1.36 bits per heavy atom. The molecule has 0 saturated carbocycles. The second-order valence-corrected chi connectivity index (χ2v) is 5.99. The Morgan fingerprint density at radius 3 is 1.93 bits per heavy atom. The predicted molar refractivity (Wildman–Crippen MR) is 98.6 cm³/mol. The van der Waals surface area contributed by atoms with Crippen LogP contribution in [-0.4, -0.2) is 41.5 Å². The van der Waals surface area contributed by atoms with Crippen LogP contribution in [0.25, 0.3) is 0 Å². The largest absolute Gasteiger partial charge is 0.508 e. The molecule has 8 nitrogen and oxygen atoms in total. The van der Waals surface area contributed by atoms with E-state index in [-0.39, 0.29) is 54.0 Å². The van der Waals surface area contributed by atoms with Crippen LogP contribution in [0.15, 0.2) is 30.3 Å². The van der Waals surface area contributed by atoms with Gasteiger partial charge in [-0.2, -0.15) is 0 Å². The van der Waals surface area contributed by atoms with Crippen molar-refractivity contribution in [3.05, 3.63) is 41.5 Å². The lowest BCUT2D eigenvalue weighted by Gasteiger charge is -2.12. The normalized spacial score (nSPS) is 10.4. The van der Waals surface area contributed by atoms with Crippen molar-refractivity contribution in [3.8, 4) is 28.7 Å². The molecule has 28 heavy (non-hydrogen) atoms. The fourth-order valence-corrected chi connectivity index (χ4v) is 2.50. The summed E-state index contributed by atoms with van der Waals surface area (Å²) in [7, 11) is 2.57. The Kier molecular flexibility index (Phi) is 7.08. The Labute approximate surface area is 161 Å². The standard InChI is InChI=1S/C20H22O8/c1-26-19(24)7-4-12-3-6-14(10-15(12)21)28-18-9-13(5-8-20(25)27-2)16(22)11-17(18)23/h3,6,9-11,21-23H,4-5,7-8H2,1-2H3. The minimum Gasteiger partial charge on any atom is -0.508 e. The van der Waals surface area contributed by atoms with Gasteiger partial charge in [-0.15, -0.1) is 0 Å². The monoisotopic (exact) mass is 390 g/mol. The topological polar surface area (TPSA) is 123 Å². The molecule has 0 aliphatic carbocycles. The Morgan fingerprint density at radius 1 is 0.786 bits per heavy atom. The van der Waals surface area contributed by atoms with E-state index in [1.807, 2.05) is 0 Å². The third kappa shape index (κ3) is 5.54. The number of phenols is 3. The number of hydrogen-bond donors (Lipinski definition) is 3. The number of carbonyl (C=O) groups excluding carboxylic acids is 2. The molecule has 0 aliphatic rings. The van der Waals surface area contributed by atoms with Gasteiger partial charge in [0.25, 0.3) is 0 Å². The quantitative estimate of drug-likeness (QED) is 0.588. The number of phenolic OH excluding ortho intramolecular Hbond substituents is 3. The molecule has 2 aromatic carbocycles. The summed E-state index contributed by atoms with van der Waals surface area (Å²) in [5, 5.41) is 30.0. The molecule has 0 saturated heterocycles. The molecule has 0 amide bonds. The molecule has 2 aromatic rings. The number of rotatable bonds is 8. The van der Waals surface area contributed by atoms with E-state index in [4.69, 9.17) is 4.74 Å². The summed E-state index contributed by atoms with van der Waals surface area (Å²) in [5.74, 6) is -1.04. The lowest BCUT2D eigenvalue weighted by Crippen LogP contribution is -2.02. The van der Waals surface area contributed by atoms with Gasteiger partial charge in [0.2, 0.25) is 0 Å². The van der Waals surface area contributed by atoms with Crippen molar-refractivity contribution in [3.63, 3.8) is 0 Å². The van der Waals surface area contributed by atoms with Gasteiger partial charge < -0.3 is 29.5 Å². The van der Waals surface area contributed by atoms with Crippen molar-refractivity contribution in [2.24, 2.45) is 0 Å². The smallest absolute Gasteiger partial charge is 0.305 e. The molecule has 0 unspecified atom stereocenters. The maximum Gasteiger partial charge on any atom is 0.305 e. The van der Waals surface area contributed by atoms with Crippen LogP contribution in [0.5, 0.6) is 28.7 Å². The summed E-state index contributed by atoms with van der Waals surface area (Å²) in [6.45, 7) is 0. The van der Waals surface area contributed by atoms with Gasteiger partial charge in [0.15, 0.2) is 11.5 Å². The van der Waals surface area contributed by atoms with E-state index in [2.05, 4.69) is 9.47 Å². The molecule has 0 spiro atoms. The molecule has 0 atom stereocenters. The molecular formula is C20H22O8. The van der Waals surface area contributed by atoms with Gasteiger partial charge in [0, 0.05) is 25.0 Å². The predicted octanol–water partition coefficient (Wildman–Crippen LogP) is 2.81. The Bertz CT molecular complexity index is 860. The zero-order chi connectivity index (χ0) is 20.7. The van der Waals surface area contributed by atoms with Crippen molar-refractivity contribution in [2.45, 2.75) is 25.7 Å². The van der Waals surface area contributed by atoms with E-state index < -0.39 is 5.97 Å². The zero-order valence-corrected chi connectivity index (χ0v) is 15.6. The second kappa shape index (κ2) is 9.50. The van der Waals surface area contributed by atoms with E-state index >= 15 is 0 Å². The van der Waals surface area contributed by atoms with Gasteiger partial charge >= 0.3 is 11.9 Å². The molecular weight excluding hydrogens is 368 g/mol. The van der Waals surface area contributed by atoms with Crippen LogP contribution >= 0.6 is 0 Å². The lowest BCUT2D eigenvalue weighted by molar-refractivity contribution is -0.141. The Balaban J connectivity index is 2.14. The summed E-state index contributed by atoms with van der Waals surface area (Å²) in [5.41, 5.74) is 0.948. The van der Waals surface area contributed by atoms with E-state index in [9.17, 15) is 24.9 Å². The Hall–Kier alpha value is -3.42. The molecule has 0 fully saturated rings. The van der Waals surface area contributed by atoms with Gasteiger partial charge in [0.1, 0.15) is 17.2 Å². The van der Waals surface area contributed by atoms with Crippen LogP contribution in [0.3, 0.4) is 0 Å². The average molecular weight is 390 g/mol. The molecule has 150 valence electrons. The molecule has 0 bridgehead atoms. The summed E-state index contributed by atoms with van der Waals surface area (Å²) >= 11 is 0. The van der Waals surface area contributed by atoms with Crippen LogP contribution in [-0.2, 0) is 31.9 Å². The van der Waals surface area contributed by atoms with Crippen molar-refractivity contribution >= 4 is 11.9 Å². The van der Waals surface area contributed by atoms with Crippen molar-refractivity contribution < 1.29 is 39.1 Å². The van der Waals surface area contributed by atoms with E-state index in [1.54, 1.807) is 12.1 Å². The maximum atomic E-state index is 11.3. The first-order valence-electron chi connectivity index (χ1n) is 8.52. The summed E-state index contributed by atoms with van der Waals surface area (Å²) in [6.07, 6.45) is 0.699. The van der Waals surface area contributed by atoms with Crippen LogP contribution in [0.1, 0.15) is 24.0 Å². The van der Waals surface area contributed by atoms with Gasteiger partial charge in [-0.1, -0.05) is 6.07 Å². The zero-order valence-electron chi connectivity index (χ0n) is 15.6. The molecule has 3 N–H and O–H groups in total. The summed E-state index contributed by atoms with van der Waals surface area (Å²) in [6, 6.07) is 7.06. The third-order valence-electron chi connectivity index (χ3n) is 4.10. The first-order valence-corrected chi connectivity index (χ1v) is 8.52. The van der Waals surface area contributed by atoms with Crippen molar-refractivity contribution in [2.75, 3.05) is 14.2 Å². The van der Waals surface area contributed by atoms with Gasteiger partial charge in [0.05, 0.1) is 14.2 Å². The highest BCUT2D eigenvalue weighted by Gasteiger charge is 2.14. The van der Waals surface area contributed by atoms with Crippen LogP contribution in [0.4, 0.5) is 0 Å². The minimum atomic E-state index is -0.428. The summed E-state index contributed by atoms with van der Waals surface area (Å²) in [4.78, 5) is 22.5. The van der Waals surface area contributed by atoms with Gasteiger partial charge in [-0.25, -0.2) is 0 Å². The van der Waals surface area contributed by atoms with Crippen LogP contribution in [0.2, 0.25) is 0 Å². The first kappa shape index (κ1) is 20.9. The SMILES string of the molecule is COC(=O)CCc1ccc(Oc2cc(CCC(=O)OC)c(O)cc2O)cc1O. The number of ether oxygens (including phenoxy) is 3. The molecule has 0 aliphatic heterocycles. The number of hydrogen-bond acceptors (Lipinski definition) is 8. The average Bonchev–Trinajstić information content (AvgIpc) is 2.67. The van der Waals surface area contributed by atoms with Gasteiger partial charge in [-0.05, 0) is 36.1 Å². The van der Waals surface area contributed by atoms with Gasteiger partial charge in [-0.3, -0.25) is 9.59 Å². The summed E-state index contributed by atoms with van der Waals surface area (Å²) < 4.78 is 14.7. The van der Waals surface area contributed by atoms with Crippen molar-refractivity contribution in [1.29, 1.82) is 0 Å². The fraction of sp³-hybridized carbons (Fsp3) is 0.300. The van der Waals surface area contributed by atoms with E-state index in [1.165, 1.54) is 26.4 Å². The number of aryl methyl sites for hydroxylation is 2. The van der Waals surface area contributed by atoms with Crippen molar-refractivity contribution in [1.82, 2.24) is 0 Å². The number of benzene rings is 2. The molecule has 8 heteroatoms. The number of carbonyl (C=O) groups is 2. The maximum absolute atomic E-state index is 11.3. The minimum absolute atomic E-state index is 0.0550. The molecule has 0 aromatic heterocycles. The highest BCUT2D eigenvalue weighted by Crippen LogP contribution is 2.38. The van der Waals surface area contributed by atoms with Crippen LogP contribution in [0, 0.1) is 0 Å². The number of aromatic hydroxyl groups is 3. The molecule has 0 radical (unpaired) electrons. The first-order chi connectivity index (χ1) is 13.3. The van der Waals surface area contributed by atoms with Crippen LogP contribution < -0.4 is 4.74 Å². The molecule has 0 heterocycles. The second-order valence-electron chi connectivity index (χ2n) is 5.99. The highest BCUT2D eigenvalue weighted by molar-refractivity contribution is 5.70. The lowest BCUT2D eigenvalue weighted by atomic mass is 10.1. The van der Waals surface area contributed by atoms with E-state index in [0.29, 0.717) is 17.5 Å². The fourth-order valence-electron chi connectivity index (χ4n) is 2.50. The van der Waals surface area contributed by atoms with E-state index in [0.717, 1.165) is 6.07 Å². The highest BCUT2D eigenvalue weighted by atomic mass is 16.5.